The first kappa shape index (κ1) is 31.7. The first-order valence-electron chi connectivity index (χ1n) is 13.9. The van der Waals surface area contributed by atoms with E-state index in [1.54, 1.807) is 48.5 Å². The molecule has 8 nitrogen and oxygen atoms in total. The summed E-state index contributed by atoms with van der Waals surface area (Å²) in [6, 6.07) is 28.5. The summed E-state index contributed by atoms with van der Waals surface area (Å²) in [5, 5.41) is 8.67. The van der Waals surface area contributed by atoms with Crippen LogP contribution in [-0.4, -0.2) is 28.3 Å². The standard InChI is InChI=1S/C33H36N4O4S2/c1-24-8-16-28(17-9-24)32(34-36-42(38,39)30-20-12-26(3)13-21-30)6-5-7-33(29-18-10-25(2)11-19-29)35-37-43(40,41)31-22-14-27(4)15-23-31/h8-23,36-37H,5-7H2,1-4H3/b34-32-,35-33-. The molecule has 0 radical (unpaired) electrons. The first-order chi connectivity index (χ1) is 20.4. The van der Waals surface area contributed by atoms with Crippen LogP contribution >= 0.6 is 0 Å². The van der Waals surface area contributed by atoms with E-state index in [1.165, 1.54) is 0 Å². The number of aryl methyl sites for hydroxylation is 4. The zero-order chi connectivity index (χ0) is 31.0. The molecule has 0 aromatic heterocycles. The average molecular weight is 617 g/mol. The van der Waals surface area contributed by atoms with Crippen LogP contribution in [0.15, 0.2) is 117 Å². The Bertz CT molecular complexity index is 1680. The molecule has 4 aromatic rings. The van der Waals surface area contributed by atoms with Crippen LogP contribution < -0.4 is 9.66 Å². The maximum Gasteiger partial charge on any atom is 0.276 e. The molecule has 0 saturated carbocycles. The lowest BCUT2D eigenvalue weighted by Crippen LogP contribution is -2.21. The van der Waals surface area contributed by atoms with Crippen LogP contribution in [0.25, 0.3) is 0 Å². The van der Waals surface area contributed by atoms with Gasteiger partial charge in [0.15, 0.2) is 0 Å². The van der Waals surface area contributed by atoms with Crippen LogP contribution in [0.1, 0.15) is 52.6 Å². The molecule has 0 spiro atoms. The molecule has 0 aliphatic carbocycles. The molecule has 0 unspecified atom stereocenters. The Morgan fingerprint density at radius 1 is 0.488 bits per heavy atom. The quantitative estimate of drug-likeness (QED) is 0.147. The van der Waals surface area contributed by atoms with Crippen molar-refractivity contribution in [3.05, 3.63) is 130 Å². The van der Waals surface area contributed by atoms with Gasteiger partial charge in [0, 0.05) is 0 Å². The molecule has 0 atom stereocenters. The Kier molecular flexibility index (Phi) is 10.2. The number of hydrogen-bond acceptors (Lipinski definition) is 6. The molecule has 4 aromatic carbocycles. The van der Waals surface area contributed by atoms with Crippen molar-refractivity contribution in [2.24, 2.45) is 10.2 Å². The Hall–Kier alpha value is -4.28. The van der Waals surface area contributed by atoms with Gasteiger partial charge in [0.2, 0.25) is 0 Å². The molecule has 224 valence electrons. The smallest absolute Gasteiger partial charge is 0.200 e. The van der Waals surface area contributed by atoms with Gasteiger partial charge in [-0.2, -0.15) is 36.7 Å². The summed E-state index contributed by atoms with van der Waals surface area (Å²) < 4.78 is 51.8. The van der Waals surface area contributed by atoms with Gasteiger partial charge in [0.1, 0.15) is 0 Å². The molecule has 10 heteroatoms. The van der Waals surface area contributed by atoms with E-state index in [1.807, 2.05) is 76.2 Å². The fourth-order valence-corrected chi connectivity index (χ4v) is 5.88. The zero-order valence-electron chi connectivity index (χ0n) is 24.7. The molecule has 0 amide bonds. The van der Waals surface area contributed by atoms with E-state index in [0.717, 1.165) is 33.4 Å². The highest BCUT2D eigenvalue weighted by atomic mass is 32.2. The van der Waals surface area contributed by atoms with Crippen molar-refractivity contribution in [1.29, 1.82) is 0 Å². The van der Waals surface area contributed by atoms with Gasteiger partial charge in [-0.05, 0) is 82.3 Å². The molecular formula is C33H36N4O4S2. The van der Waals surface area contributed by atoms with Crippen molar-refractivity contribution in [3.8, 4) is 0 Å². The van der Waals surface area contributed by atoms with Crippen LogP contribution in [0.4, 0.5) is 0 Å². The predicted octanol–water partition coefficient (Wildman–Crippen LogP) is 6.16. The number of sulfonamides is 2. The van der Waals surface area contributed by atoms with Crippen LogP contribution in [0.3, 0.4) is 0 Å². The second-order valence-corrected chi connectivity index (χ2v) is 13.8. The number of hydrazone groups is 2. The normalized spacial score (nSPS) is 12.7. The second kappa shape index (κ2) is 13.8. The largest absolute Gasteiger partial charge is 0.276 e. The Morgan fingerprint density at radius 2 is 0.767 bits per heavy atom. The van der Waals surface area contributed by atoms with E-state index in [4.69, 9.17) is 0 Å². The number of hydrogen-bond donors (Lipinski definition) is 2. The maximum atomic E-state index is 12.9. The summed E-state index contributed by atoms with van der Waals surface area (Å²) in [6.07, 6.45) is 1.35. The molecule has 0 heterocycles. The Morgan fingerprint density at radius 3 is 1.07 bits per heavy atom. The molecule has 0 aliphatic rings. The number of benzene rings is 4. The molecule has 0 fully saturated rings. The predicted molar refractivity (Wildman–Crippen MR) is 172 cm³/mol. The number of nitrogens with zero attached hydrogens (tertiary/aromatic N) is 2. The number of rotatable bonds is 12. The van der Waals surface area contributed by atoms with Crippen LogP contribution in [0.5, 0.6) is 0 Å². The Labute approximate surface area is 254 Å². The van der Waals surface area contributed by atoms with Gasteiger partial charge in [-0.1, -0.05) is 95.1 Å². The average Bonchev–Trinajstić information content (AvgIpc) is 2.98. The van der Waals surface area contributed by atoms with Gasteiger partial charge in [-0.25, -0.2) is 0 Å². The first-order valence-corrected chi connectivity index (χ1v) is 16.8. The van der Waals surface area contributed by atoms with Gasteiger partial charge in [0.05, 0.1) is 21.2 Å². The second-order valence-electron chi connectivity index (χ2n) is 10.5. The lowest BCUT2D eigenvalue weighted by Gasteiger charge is -2.12. The molecule has 2 N–H and O–H groups in total. The molecule has 0 bridgehead atoms. The lowest BCUT2D eigenvalue weighted by atomic mass is 9.99. The summed E-state index contributed by atoms with van der Waals surface area (Å²) in [4.78, 5) is 5.03. The summed E-state index contributed by atoms with van der Waals surface area (Å²) in [5.41, 5.74) is 6.72. The van der Waals surface area contributed by atoms with Gasteiger partial charge in [-0.3, -0.25) is 0 Å². The Balaban J connectivity index is 1.57. The van der Waals surface area contributed by atoms with Crippen molar-refractivity contribution in [3.63, 3.8) is 0 Å². The van der Waals surface area contributed by atoms with E-state index in [9.17, 15) is 16.8 Å². The third kappa shape index (κ3) is 8.86. The topological polar surface area (TPSA) is 117 Å². The summed E-state index contributed by atoms with van der Waals surface area (Å²) in [7, 11) is -7.74. The SMILES string of the molecule is Cc1ccc(/C(CCC/C(=N/NS(=O)(=O)c2ccc(C)cc2)c2ccc(C)cc2)=N\NS(=O)(=O)c2ccc(C)cc2)cc1. The molecule has 0 aliphatic heterocycles. The van der Waals surface area contributed by atoms with Crippen molar-refractivity contribution in [2.75, 3.05) is 0 Å². The summed E-state index contributed by atoms with van der Waals surface area (Å²) in [6.45, 7) is 7.73. The third-order valence-electron chi connectivity index (χ3n) is 6.86. The minimum Gasteiger partial charge on any atom is -0.200 e. The van der Waals surface area contributed by atoms with E-state index in [0.29, 0.717) is 30.7 Å². The monoisotopic (exact) mass is 616 g/mol. The maximum absolute atomic E-state index is 12.9. The zero-order valence-corrected chi connectivity index (χ0v) is 26.3. The van der Waals surface area contributed by atoms with Gasteiger partial charge in [0.25, 0.3) is 20.0 Å². The van der Waals surface area contributed by atoms with Gasteiger partial charge >= 0.3 is 0 Å². The van der Waals surface area contributed by atoms with Gasteiger partial charge in [-0.15, -0.1) is 0 Å². The van der Waals surface area contributed by atoms with E-state index in [-0.39, 0.29) is 9.79 Å². The minimum atomic E-state index is -3.87. The summed E-state index contributed by atoms with van der Waals surface area (Å²) in [5.74, 6) is 0. The van der Waals surface area contributed by atoms with Crippen molar-refractivity contribution in [2.45, 2.75) is 56.7 Å². The molecule has 0 saturated heterocycles. The highest BCUT2D eigenvalue weighted by Gasteiger charge is 2.16. The van der Waals surface area contributed by atoms with E-state index in [2.05, 4.69) is 19.9 Å². The fourth-order valence-electron chi connectivity index (χ4n) is 4.22. The third-order valence-corrected chi connectivity index (χ3v) is 9.31. The van der Waals surface area contributed by atoms with Crippen LogP contribution in [-0.2, 0) is 20.0 Å². The highest BCUT2D eigenvalue weighted by Crippen LogP contribution is 2.16. The van der Waals surface area contributed by atoms with Crippen LogP contribution in [0.2, 0.25) is 0 Å². The number of nitrogens with one attached hydrogen (secondary N) is 2. The summed E-state index contributed by atoms with van der Waals surface area (Å²) >= 11 is 0. The highest BCUT2D eigenvalue weighted by molar-refractivity contribution is 7.89. The van der Waals surface area contributed by atoms with Crippen LogP contribution in [0, 0.1) is 27.7 Å². The van der Waals surface area contributed by atoms with E-state index >= 15 is 0 Å². The molecule has 4 rings (SSSR count). The molecule has 43 heavy (non-hydrogen) atoms. The lowest BCUT2D eigenvalue weighted by molar-refractivity contribution is 0.582. The van der Waals surface area contributed by atoms with Crippen molar-refractivity contribution in [1.82, 2.24) is 9.66 Å². The van der Waals surface area contributed by atoms with Crippen molar-refractivity contribution >= 4 is 31.5 Å². The van der Waals surface area contributed by atoms with Crippen molar-refractivity contribution < 1.29 is 16.8 Å². The van der Waals surface area contributed by atoms with E-state index < -0.39 is 20.0 Å². The van der Waals surface area contributed by atoms with Gasteiger partial charge < -0.3 is 0 Å². The molecular weight excluding hydrogens is 581 g/mol. The minimum absolute atomic E-state index is 0.125. The fraction of sp³-hybridized carbons (Fsp3) is 0.212.